The van der Waals surface area contributed by atoms with Gasteiger partial charge in [-0.2, -0.15) is 0 Å². The van der Waals surface area contributed by atoms with Crippen LogP contribution < -0.4 is 20.1 Å². The van der Waals surface area contributed by atoms with E-state index in [4.69, 9.17) is 21.1 Å². The summed E-state index contributed by atoms with van der Waals surface area (Å²) < 4.78 is 11.1. The molecule has 2 amide bonds. The van der Waals surface area contributed by atoms with Crippen LogP contribution in [0.3, 0.4) is 0 Å². The Morgan fingerprint density at radius 1 is 1.22 bits per heavy atom. The molecular weight excluding hydrogens is 430 g/mol. The van der Waals surface area contributed by atoms with Crippen LogP contribution in [0.2, 0.25) is 5.02 Å². The number of hydrogen-bond donors (Lipinski definition) is 2. The van der Waals surface area contributed by atoms with E-state index in [1.807, 2.05) is 42.2 Å². The van der Waals surface area contributed by atoms with Crippen molar-refractivity contribution in [1.29, 1.82) is 0 Å². The van der Waals surface area contributed by atoms with Crippen LogP contribution in [-0.2, 0) is 16.1 Å². The Labute approximate surface area is 194 Å². The van der Waals surface area contributed by atoms with Gasteiger partial charge in [0.1, 0.15) is 0 Å². The predicted octanol–water partition coefficient (Wildman–Crippen LogP) is 3.78. The van der Waals surface area contributed by atoms with Gasteiger partial charge in [-0.1, -0.05) is 29.3 Å². The predicted molar refractivity (Wildman–Crippen MR) is 125 cm³/mol. The summed E-state index contributed by atoms with van der Waals surface area (Å²) in [6.45, 7) is 4.86. The van der Waals surface area contributed by atoms with Crippen molar-refractivity contribution in [3.05, 3.63) is 52.5 Å². The minimum absolute atomic E-state index is 0.184. The summed E-state index contributed by atoms with van der Waals surface area (Å²) in [5.41, 5.74) is 2.77. The number of benzene rings is 2. The molecule has 0 bridgehead atoms. The van der Waals surface area contributed by atoms with Crippen molar-refractivity contribution >= 4 is 29.1 Å². The van der Waals surface area contributed by atoms with E-state index in [2.05, 4.69) is 10.6 Å². The number of carbonyl (C=O) groups is 2. The molecule has 2 aromatic carbocycles. The first-order valence-corrected chi connectivity index (χ1v) is 11.2. The third-order valence-corrected chi connectivity index (χ3v) is 5.53. The zero-order valence-electron chi connectivity index (χ0n) is 18.6. The first kappa shape index (κ1) is 23.9. The van der Waals surface area contributed by atoms with Crippen molar-refractivity contribution in [3.8, 4) is 11.5 Å². The molecule has 0 radical (unpaired) electrons. The molecule has 2 aromatic rings. The molecule has 0 aromatic heterocycles. The van der Waals surface area contributed by atoms with Gasteiger partial charge in [0.2, 0.25) is 5.91 Å². The summed E-state index contributed by atoms with van der Waals surface area (Å²) in [5, 5.41) is 6.53. The Hall–Kier alpha value is -2.77. The first-order chi connectivity index (χ1) is 15.5. The van der Waals surface area contributed by atoms with Gasteiger partial charge in [-0.25, -0.2) is 0 Å². The number of nitrogens with zero attached hydrogens (tertiary/aromatic N) is 1. The number of rotatable bonds is 11. The van der Waals surface area contributed by atoms with Crippen molar-refractivity contribution in [3.63, 3.8) is 0 Å². The lowest BCUT2D eigenvalue weighted by Crippen LogP contribution is -2.28. The zero-order chi connectivity index (χ0) is 22.9. The summed E-state index contributed by atoms with van der Waals surface area (Å²) in [6.07, 6.45) is 2.54. The highest BCUT2D eigenvalue weighted by Gasteiger charge is 2.19. The summed E-state index contributed by atoms with van der Waals surface area (Å²) >= 11 is 6.41. The number of ether oxygens (including phenoxy) is 2. The van der Waals surface area contributed by atoms with Crippen molar-refractivity contribution in [2.45, 2.75) is 32.7 Å². The highest BCUT2D eigenvalue weighted by atomic mass is 35.5. The van der Waals surface area contributed by atoms with E-state index in [-0.39, 0.29) is 18.4 Å². The maximum Gasteiger partial charge on any atom is 0.262 e. The van der Waals surface area contributed by atoms with Gasteiger partial charge in [-0.3, -0.25) is 9.59 Å². The van der Waals surface area contributed by atoms with Gasteiger partial charge in [0, 0.05) is 31.7 Å². The van der Waals surface area contributed by atoms with E-state index < -0.39 is 0 Å². The van der Waals surface area contributed by atoms with Crippen LogP contribution in [0.25, 0.3) is 0 Å². The number of amides is 2. The minimum atomic E-state index is -0.283. The number of likely N-dealkylation sites (tertiary alicyclic amines) is 1. The van der Waals surface area contributed by atoms with Crippen LogP contribution in [0.15, 0.2) is 36.4 Å². The van der Waals surface area contributed by atoms with Gasteiger partial charge in [0.15, 0.2) is 18.1 Å². The maximum absolute atomic E-state index is 12.2. The molecule has 1 saturated heterocycles. The van der Waals surface area contributed by atoms with Gasteiger partial charge in [0.05, 0.1) is 12.1 Å². The lowest BCUT2D eigenvalue weighted by atomic mass is 10.2. The molecule has 32 heavy (non-hydrogen) atoms. The quantitative estimate of drug-likeness (QED) is 0.500. The summed E-state index contributed by atoms with van der Waals surface area (Å²) in [5.74, 6) is 0.781. The van der Waals surface area contributed by atoms with Crippen molar-refractivity contribution in [1.82, 2.24) is 10.2 Å². The molecule has 172 valence electrons. The van der Waals surface area contributed by atoms with Crippen LogP contribution in [0.4, 0.5) is 5.69 Å². The normalized spacial score (nSPS) is 13.3. The van der Waals surface area contributed by atoms with E-state index in [0.717, 1.165) is 43.6 Å². The van der Waals surface area contributed by atoms with Gasteiger partial charge in [0.25, 0.3) is 5.91 Å². The highest BCUT2D eigenvalue weighted by Crippen LogP contribution is 2.36. The molecule has 0 aliphatic carbocycles. The molecule has 1 fully saturated rings. The maximum atomic E-state index is 12.2. The molecule has 0 unspecified atom stereocenters. The van der Waals surface area contributed by atoms with Crippen molar-refractivity contribution in [2.75, 3.05) is 38.7 Å². The Balaban J connectivity index is 1.47. The van der Waals surface area contributed by atoms with Crippen LogP contribution in [-0.4, -0.2) is 50.1 Å². The van der Waals surface area contributed by atoms with Crippen LogP contribution in [0, 0.1) is 6.92 Å². The summed E-state index contributed by atoms with van der Waals surface area (Å²) in [4.78, 5) is 25.8. The van der Waals surface area contributed by atoms with E-state index in [1.54, 1.807) is 6.07 Å². The topological polar surface area (TPSA) is 79.9 Å². The van der Waals surface area contributed by atoms with Gasteiger partial charge in [-0.05, 0) is 56.1 Å². The number of hydrogen-bond acceptors (Lipinski definition) is 5. The minimum Gasteiger partial charge on any atom is -0.493 e. The summed E-state index contributed by atoms with van der Waals surface area (Å²) in [7, 11) is 1.54. The average molecular weight is 460 g/mol. The number of aryl methyl sites for hydroxylation is 1. The third-order valence-electron chi connectivity index (χ3n) is 5.25. The van der Waals surface area contributed by atoms with Crippen LogP contribution >= 0.6 is 11.6 Å². The lowest BCUT2D eigenvalue weighted by Gasteiger charge is -2.16. The van der Waals surface area contributed by atoms with E-state index in [9.17, 15) is 9.59 Å². The summed E-state index contributed by atoms with van der Waals surface area (Å²) in [6, 6.07) is 11.2. The number of anilines is 1. The van der Waals surface area contributed by atoms with Gasteiger partial charge in [-0.15, -0.1) is 0 Å². The Bertz CT molecular complexity index is 934. The van der Waals surface area contributed by atoms with Crippen molar-refractivity contribution < 1.29 is 19.1 Å². The third kappa shape index (κ3) is 6.87. The Kier molecular flexibility index (Phi) is 8.76. The molecule has 7 nitrogen and oxygen atoms in total. The van der Waals surface area contributed by atoms with Crippen LogP contribution in [0.1, 0.15) is 30.4 Å². The molecular formula is C24H30ClN3O4. The fraction of sp³-hybridized carbons (Fsp3) is 0.417. The van der Waals surface area contributed by atoms with E-state index in [1.165, 1.54) is 7.11 Å². The van der Waals surface area contributed by atoms with Crippen LogP contribution in [0.5, 0.6) is 11.5 Å². The standard InChI is InChI=1S/C24H30ClN3O4/c1-17-6-8-19(9-7-17)27-22(29)16-32-24-20(25)13-18(14-21(24)31-2)15-26-10-4-12-28-11-3-5-23(28)30/h6-9,13-14,26H,3-5,10-12,15-16H2,1-2H3,(H,27,29). The molecule has 0 spiro atoms. The monoisotopic (exact) mass is 459 g/mol. The largest absolute Gasteiger partial charge is 0.493 e. The Morgan fingerprint density at radius 2 is 2.00 bits per heavy atom. The number of halogens is 1. The second kappa shape index (κ2) is 11.7. The molecule has 3 rings (SSSR count). The SMILES string of the molecule is COc1cc(CNCCCN2CCCC2=O)cc(Cl)c1OCC(=O)Nc1ccc(C)cc1. The fourth-order valence-electron chi connectivity index (χ4n) is 3.56. The fourth-order valence-corrected chi connectivity index (χ4v) is 3.84. The second-order valence-corrected chi connectivity index (χ2v) is 8.23. The number of carbonyl (C=O) groups excluding carboxylic acids is 2. The molecule has 0 atom stereocenters. The zero-order valence-corrected chi connectivity index (χ0v) is 19.3. The smallest absolute Gasteiger partial charge is 0.262 e. The van der Waals surface area contributed by atoms with E-state index in [0.29, 0.717) is 35.2 Å². The molecule has 1 heterocycles. The molecule has 2 N–H and O–H groups in total. The lowest BCUT2D eigenvalue weighted by molar-refractivity contribution is -0.127. The first-order valence-electron chi connectivity index (χ1n) is 10.8. The van der Waals surface area contributed by atoms with Crippen molar-refractivity contribution in [2.24, 2.45) is 0 Å². The Morgan fingerprint density at radius 3 is 2.69 bits per heavy atom. The molecule has 1 aliphatic rings. The van der Waals surface area contributed by atoms with Gasteiger partial charge < -0.3 is 25.0 Å². The number of nitrogens with one attached hydrogen (secondary N) is 2. The van der Waals surface area contributed by atoms with Gasteiger partial charge >= 0.3 is 0 Å². The highest BCUT2D eigenvalue weighted by molar-refractivity contribution is 6.32. The molecule has 8 heteroatoms. The number of methoxy groups -OCH3 is 1. The molecule has 0 saturated carbocycles. The van der Waals surface area contributed by atoms with E-state index >= 15 is 0 Å². The second-order valence-electron chi connectivity index (χ2n) is 7.83. The molecule has 1 aliphatic heterocycles. The average Bonchev–Trinajstić information content (AvgIpc) is 3.18.